The highest BCUT2D eigenvalue weighted by molar-refractivity contribution is 5.95. The number of rotatable bonds is 8. The van der Waals surface area contributed by atoms with Crippen LogP contribution in [-0.2, 0) is 29.1 Å². The van der Waals surface area contributed by atoms with Crippen LogP contribution in [0.3, 0.4) is 0 Å². The molecule has 0 radical (unpaired) electrons. The molecule has 1 aliphatic carbocycles. The molecule has 0 amide bonds. The standard InChI is InChI=1S/C55H60N2/c1-11-13-15-37-19-23-39(24-20-37)56-49-27-17-35(3)29-45(49)54(7,8)47-31-41-42-32-48-52(34-44(42)53(5,6)43(41)33-51(47)56)57(40-25-21-38(22-26-40)16-14-12-2)50-28-18-36(4)30-46(50)55(48,9)10/h17-34H,11-16H2,1-10H3. The van der Waals surface area contributed by atoms with Gasteiger partial charge in [-0.3, -0.25) is 0 Å². The Labute approximate surface area is 342 Å². The van der Waals surface area contributed by atoms with E-state index in [-0.39, 0.29) is 16.2 Å². The molecule has 57 heavy (non-hydrogen) atoms. The van der Waals surface area contributed by atoms with Gasteiger partial charge in [0.05, 0.1) is 22.7 Å². The monoisotopic (exact) mass is 748 g/mol. The van der Waals surface area contributed by atoms with Crippen LogP contribution in [-0.4, -0.2) is 0 Å². The van der Waals surface area contributed by atoms with Crippen LogP contribution in [0.15, 0.2) is 109 Å². The molecule has 2 heterocycles. The van der Waals surface area contributed by atoms with Crippen LogP contribution in [0.25, 0.3) is 11.1 Å². The average molecular weight is 749 g/mol. The fourth-order valence-electron chi connectivity index (χ4n) is 10.4. The average Bonchev–Trinajstić information content (AvgIpc) is 3.41. The van der Waals surface area contributed by atoms with Gasteiger partial charge in [0.1, 0.15) is 0 Å². The number of fused-ring (bicyclic) bond motifs is 7. The van der Waals surface area contributed by atoms with E-state index in [4.69, 9.17) is 0 Å². The third-order valence-corrected chi connectivity index (χ3v) is 13.9. The van der Waals surface area contributed by atoms with Gasteiger partial charge < -0.3 is 9.80 Å². The smallest absolute Gasteiger partial charge is 0.0506 e. The van der Waals surface area contributed by atoms with Crippen LogP contribution in [0.4, 0.5) is 34.1 Å². The van der Waals surface area contributed by atoms with Crippen molar-refractivity contribution >= 4 is 34.1 Å². The summed E-state index contributed by atoms with van der Waals surface area (Å²) < 4.78 is 0. The van der Waals surface area contributed by atoms with E-state index in [1.807, 2.05) is 0 Å². The highest BCUT2D eigenvalue weighted by atomic mass is 15.2. The van der Waals surface area contributed by atoms with E-state index in [0.29, 0.717) is 0 Å². The zero-order valence-electron chi connectivity index (χ0n) is 36.0. The van der Waals surface area contributed by atoms with Crippen molar-refractivity contribution in [1.29, 1.82) is 0 Å². The van der Waals surface area contributed by atoms with E-state index in [9.17, 15) is 0 Å². The van der Waals surface area contributed by atoms with Crippen LogP contribution in [0.2, 0.25) is 0 Å². The van der Waals surface area contributed by atoms with Crippen molar-refractivity contribution in [3.05, 3.63) is 165 Å². The van der Waals surface area contributed by atoms with E-state index in [0.717, 1.165) is 12.8 Å². The molecule has 0 fully saturated rings. The lowest BCUT2D eigenvalue weighted by molar-refractivity contribution is 0.624. The Kier molecular flexibility index (Phi) is 8.89. The van der Waals surface area contributed by atoms with Crippen LogP contribution < -0.4 is 9.80 Å². The molecule has 0 aromatic heterocycles. The molecule has 0 spiro atoms. The second-order valence-electron chi connectivity index (χ2n) is 19.0. The molecule has 6 aromatic rings. The van der Waals surface area contributed by atoms with E-state index in [1.54, 1.807) is 0 Å². The highest BCUT2D eigenvalue weighted by Gasteiger charge is 2.45. The molecule has 2 heteroatoms. The summed E-state index contributed by atoms with van der Waals surface area (Å²) in [6.45, 7) is 23.6. The molecular formula is C55H60N2. The van der Waals surface area contributed by atoms with Crippen LogP contribution in [0, 0.1) is 13.8 Å². The summed E-state index contributed by atoms with van der Waals surface area (Å²) in [7, 11) is 0. The largest absolute Gasteiger partial charge is 0.310 e. The predicted molar refractivity (Wildman–Crippen MR) is 244 cm³/mol. The summed E-state index contributed by atoms with van der Waals surface area (Å²) in [5.41, 5.74) is 23.6. The highest BCUT2D eigenvalue weighted by Crippen LogP contribution is 2.61. The number of benzene rings is 6. The molecule has 0 saturated carbocycles. The van der Waals surface area contributed by atoms with Crippen LogP contribution in [0.1, 0.15) is 137 Å². The molecule has 0 bridgehead atoms. The van der Waals surface area contributed by atoms with Gasteiger partial charge in [0.2, 0.25) is 0 Å². The normalized spacial score (nSPS) is 16.3. The number of anilines is 6. The van der Waals surface area contributed by atoms with Crippen molar-refractivity contribution < 1.29 is 0 Å². The fraction of sp³-hybridized carbons (Fsp3) is 0.345. The first-order chi connectivity index (χ1) is 27.2. The molecule has 0 saturated heterocycles. The summed E-state index contributed by atoms with van der Waals surface area (Å²) in [6.07, 6.45) is 7.12. The maximum absolute atomic E-state index is 2.58. The second kappa shape index (κ2) is 13.5. The van der Waals surface area contributed by atoms with Gasteiger partial charge in [-0.05, 0) is 156 Å². The maximum atomic E-state index is 2.58. The van der Waals surface area contributed by atoms with Crippen molar-refractivity contribution in [1.82, 2.24) is 0 Å². The Morgan fingerprint density at radius 3 is 1.11 bits per heavy atom. The minimum atomic E-state index is -0.199. The fourth-order valence-corrected chi connectivity index (χ4v) is 10.4. The molecule has 2 nitrogen and oxygen atoms in total. The van der Waals surface area contributed by atoms with Gasteiger partial charge >= 0.3 is 0 Å². The molecule has 2 aliphatic heterocycles. The van der Waals surface area contributed by atoms with Crippen LogP contribution >= 0.6 is 0 Å². The lowest BCUT2D eigenvalue weighted by Gasteiger charge is -2.43. The lowest BCUT2D eigenvalue weighted by atomic mass is 9.71. The molecule has 0 unspecified atom stereocenters. The summed E-state index contributed by atoms with van der Waals surface area (Å²) in [4.78, 5) is 5.11. The number of nitrogens with zero attached hydrogens (tertiary/aromatic N) is 2. The van der Waals surface area contributed by atoms with Crippen molar-refractivity contribution in [2.24, 2.45) is 0 Å². The maximum Gasteiger partial charge on any atom is 0.0506 e. The molecular weight excluding hydrogens is 689 g/mol. The van der Waals surface area contributed by atoms with Gasteiger partial charge in [-0.15, -0.1) is 0 Å². The zero-order chi connectivity index (χ0) is 40.0. The molecule has 3 aliphatic rings. The predicted octanol–water partition coefficient (Wildman–Crippen LogP) is 15.5. The third-order valence-electron chi connectivity index (χ3n) is 13.9. The molecule has 0 N–H and O–H groups in total. The Bertz CT molecular complexity index is 2350. The lowest BCUT2D eigenvalue weighted by Crippen LogP contribution is -2.31. The van der Waals surface area contributed by atoms with Gasteiger partial charge in [0, 0.05) is 27.6 Å². The quantitative estimate of drug-likeness (QED) is 0.153. The van der Waals surface area contributed by atoms with Gasteiger partial charge in [-0.1, -0.05) is 128 Å². The SMILES string of the molecule is CCCCc1ccc(N2c3ccc(C)cc3C(C)(C)c3cc4c(cc32)C(C)(C)c2cc3c(cc2-4)C(C)(C)c2cc(C)ccc2N3c2ccc(CCCC)cc2)cc1. The summed E-state index contributed by atoms with van der Waals surface area (Å²) in [5, 5.41) is 0. The second-order valence-corrected chi connectivity index (χ2v) is 19.0. The zero-order valence-corrected chi connectivity index (χ0v) is 36.0. The van der Waals surface area contributed by atoms with E-state index >= 15 is 0 Å². The topological polar surface area (TPSA) is 6.48 Å². The van der Waals surface area contributed by atoms with E-state index < -0.39 is 0 Å². The van der Waals surface area contributed by atoms with Crippen molar-refractivity contribution in [2.75, 3.05) is 9.80 Å². The third kappa shape index (κ3) is 5.80. The van der Waals surface area contributed by atoms with Crippen molar-refractivity contribution in [2.45, 2.75) is 124 Å². The van der Waals surface area contributed by atoms with Gasteiger partial charge in [-0.25, -0.2) is 0 Å². The first-order valence-electron chi connectivity index (χ1n) is 21.6. The minimum absolute atomic E-state index is 0.180. The van der Waals surface area contributed by atoms with E-state index in [1.165, 1.54) is 127 Å². The summed E-state index contributed by atoms with van der Waals surface area (Å²) in [6, 6.07) is 43.2. The molecule has 6 aromatic carbocycles. The van der Waals surface area contributed by atoms with Gasteiger partial charge in [0.25, 0.3) is 0 Å². The molecule has 290 valence electrons. The van der Waals surface area contributed by atoms with Gasteiger partial charge in [-0.2, -0.15) is 0 Å². The summed E-state index contributed by atoms with van der Waals surface area (Å²) >= 11 is 0. The Balaban J connectivity index is 1.25. The molecule has 0 atom stereocenters. The Hall–Kier alpha value is -5.08. The first-order valence-corrected chi connectivity index (χ1v) is 21.6. The molecule has 9 rings (SSSR count). The number of unbranched alkanes of at least 4 members (excludes halogenated alkanes) is 2. The van der Waals surface area contributed by atoms with Crippen molar-refractivity contribution in [3.8, 4) is 11.1 Å². The van der Waals surface area contributed by atoms with Crippen molar-refractivity contribution in [3.63, 3.8) is 0 Å². The van der Waals surface area contributed by atoms with Gasteiger partial charge in [0.15, 0.2) is 0 Å². The number of hydrogen-bond donors (Lipinski definition) is 0. The number of aryl methyl sites for hydroxylation is 4. The Morgan fingerprint density at radius 1 is 0.386 bits per heavy atom. The van der Waals surface area contributed by atoms with Crippen LogP contribution in [0.5, 0.6) is 0 Å². The summed E-state index contributed by atoms with van der Waals surface area (Å²) in [5.74, 6) is 0. The Morgan fingerprint density at radius 2 is 0.737 bits per heavy atom. The minimum Gasteiger partial charge on any atom is -0.310 e. The van der Waals surface area contributed by atoms with E-state index in [2.05, 4.69) is 188 Å². The number of hydrogen-bond acceptors (Lipinski definition) is 2. The first kappa shape index (κ1) is 37.5.